The van der Waals surface area contributed by atoms with Gasteiger partial charge in [0, 0.05) is 27.1 Å². The molecule has 71 heavy (non-hydrogen) atoms. The molecule has 1 aliphatic carbocycles. The van der Waals surface area contributed by atoms with Crippen molar-refractivity contribution in [2.75, 3.05) is 0 Å². The zero-order chi connectivity index (χ0) is 49.3. The van der Waals surface area contributed by atoms with Crippen molar-refractivity contribution in [3.05, 3.63) is 214 Å². The van der Waals surface area contributed by atoms with E-state index in [1.54, 1.807) is 0 Å². The van der Waals surface area contributed by atoms with Crippen LogP contribution in [-0.4, -0.2) is 9.13 Å². The summed E-state index contributed by atoms with van der Waals surface area (Å²) in [5, 5.41) is 7.69. The van der Waals surface area contributed by atoms with E-state index in [0.29, 0.717) is 0 Å². The highest BCUT2D eigenvalue weighted by Crippen LogP contribution is 2.62. The Morgan fingerprint density at radius 2 is 0.746 bits per heavy atom. The molecule has 2 heteroatoms. The van der Waals surface area contributed by atoms with Crippen molar-refractivity contribution in [2.45, 2.75) is 110 Å². The lowest BCUT2D eigenvalue weighted by molar-refractivity contribution is 0.588. The van der Waals surface area contributed by atoms with E-state index in [1.165, 1.54) is 133 Å². The molecular weight excluding hydrogens is 857 g/mol. The number of rotatable bonds is 2. The van der Waals surface area contributed by atoms with Crippen LogP contribution in [0.2, 0.25) is 0 Å². The molecule has 0 atom stereocenters. The lowest BCUT2D eigenvalue weighted by Crippen LogP contribution is -2.34. The minimum atomic E-state index is -0.624. The number of aromatic nitrogens is 2. The lowest BCUT2D eigenvalue weighted by atomic mass is 9.64. The van der Waals surface area contributed by atoms with Gasteiger partial charge >= 0.3 is 0 Å². The Balaban J connectivity index is 1.28. The molecule has 2 nitrogen and oxygen atoms in total. The van der Waals surface area contributed by atoms with Gasteiger partial charge in [0.15, 0.2) is 0 Å². The molecule has 0 saturated carbocycles. The molecule has 0 N–H and O–H groups in total. The maximum Gasteiger partial charge on any atom is 0.0754 e. The Morgan fingerprint density at radius 1 is 0.296 bits per heavy atom. The second-order valence-corrected chi connectivity index (χ2v) is 25.0. The summed E-state index contributed by atoms with van der Waals surface area (Å²) in [6.45, 7) is 28.2. The largest absolute Gasteiger partial charge is 0.309 e. The third-order valence-electron chi connectivity index (χ3n) is 16.5. The van der Waals surface area contributed by atoms with E-state index in [1.807, 2.05) is 0 Å². The highest BCUT2D eigenvalue weighted by Gasteiger charge is 2.52. The smallest absolute Gasteiger partial charge is 0.0754 e. The molecule has 0 amide bonds. The number of hydrogen-bond donors (Lipinski definition) is 0. The molecule has 1 spiro atoms. The fourth-order valence-electron chi connectivity index (χ4n) is 12.7. The summed E-state index contributed by atoms with van der Waals surface area (Å²) in [6, 6.07) is 66.7. The third-order valence-corrected chi connectivity index (χ3v) is 16.5. The second kappa shape index (κ2) is 14.5. The van der Waals surface area contributed by atoms with Crippen molar-refractivity contribution >= 4 is 54.4 Å². The average Bonchev–Trinajstić information content (AvgIpc) is 3.95. The predicted octanol–water partition coefficient (Wildman–Crippen LogP) is 18.6. The Morgan fingerprint density at radius 3 is 1.30 bits per heavy atom. The van der Waals surface area contributed by atoms with Crippen molar-refractivity contribution in [1.82, 2.24) is 9.13 Å². The molecule has 0 fully saturated rings. The van der Waals surface area contributed by atoms with E-state index < -0.39 is 5.41 Å². The number of nitrogens with zero attached hydrogens (tertiary/aromatic N) is 2. The van der Waals surface area contributed by atoms with Crippen molar-refractivity contribution < 1.29 is 0 Å². The van der Waals surface area contributed by atoms with Gasteiger partial charge < -0.3 is 9.13 Å². The first kappa shape index (κ1) is 43.8. The van der Waals surface area contributed by atoms with Crippen LogP contribution in [0.25, 0.3) is 88.0 Å². The van der Waals surface area contributed by atoms with E-state index in [0.717, 1.165) is 0 Å². The quantitative estimate of drug-likeness (QED) is 0.164. The van der Waals surface area contributed by atoms with Crippen LogP contribution in [0.15, 0.2) is 170 Å². The molecule has 13 rings (SSSR count). The van der Waals surface area contributed by atoms with E-state index >= 15 is 0 Å². The van der Waals surface area contributed by atoms with Crippen LogP contribution in [0, 0.1) is 0 Å². The van der Waals surface area contributed by atoms with Crippen LogP contribution in [0.5, 0.6) is 0 Å². The van der Waals surface area contributed by atoms with Crippen LogP contribution in [0.3, 0.4) is 0 Å². The lowest BCUT2D eigenvalue weighted by Gasteiger charge is -2.41. The molecule has 350 valence electrons. The van der Waals surface area contributed by atoms with E-state index in [2.05, 4.69) is 262 Å². The number of fused-ring (bicyclic) bond motifs is 16. The van der Waals surface area contributed by atoms with Crippen molar-refractivity contribution in [3.63, 3.8) is 0 Å². The second-order valence-electron chi connectivity index (χ2n) is 25.0. The first-order valence-electron chi connectivity index (χ1n) is 25.8. The van der Waals surface area contributed by atoms with Gasteiger partial charge in [-0.2, -0.15) is 0 Å². The zero-order valence-electron chi connectivity index (χ0n) is 43.6. The standard InChI is InChI=1S/C69H64N2/c1-65(2,3)42-28-31-59-50(34-42)51-35-43(66(4,5)6)29-32-60(51)70(59)62-40-63-57(39-53(62)47-25-19-21-41-20-13-14-22-46(41)47)69(55-26-17-15-23-48(55)49-24-16-18-27-56(49)69)58-38-45(68(10,11)12)37-54-52-36-44(67(7,8)9)30-33-61(52)71(63)64(54)58/h13-40H,1-12H3. The molecule has 0 saturated heterocycles. The van der Waals surface area contributed by atoms with E-state index in [4.69, 9.17) is 0 Å². The molecule has 0 radical (unpaired) electrons. The van der Waals surface area contributed by atoms with E-state index in [9.17, 15) is 0 Å². The summed E-state index contributed by atoms with van der Waals surface area (Å²) in [7, 11) is 0. The van der Waals surface area contributed by atoms with Crippen molar-refractivity contribution in [2.24, 2.45) is 0 Å². The molecule has 0 bridgehead atoms. The Kier molecular flexibility index (Phi) is 8.94. The third kappa shape index (κ3) is 6.13. The van der Waals surface area contributed by atoms with Crippen LogP contribution in [-0.2, 0) is 27.1 Å². The van der Waals surface area contributed by atoms with Gasteiger partial charge in [-0.25, -0.2) is 0 Å². The molecule has 1 aliphatic heterocycles. The summed E-state index contributed by atoms with van der Waals surface area (Å²) < 4.78 is 5.28. The Hall–Kier alpha value is -7.16. The summed E-state index contributed by atoms with van der Waals surface area (Å²) in [6.07, 6.45) is 0. The molecular formula is C69H64N2. The number of hydrogen-bond acceptors (Lipinski definition) is 0. The van der Waals surface area contributed by atoms with Gasteiger partial charge in [-0.1, -0.05) is 198 Å². The summed E-state index contributed by atoms with van der Waals surface area (Å²) in [5.41, 5.74) is 22.4. The van der Waals surface area contributed by atoms with Gasteiger partial charge in [-0.05, 0) is 148 Å². The van der Waals surface area contributed by atoms with E-state index in [-0.39, 0.29) is 21.7 Å². The van der Waals surface area contributed by atoms with Crippen LogP contribution < -0.4 is 0 Å². The van der Waals surface area contributed by atoms with Crippen LogP contribution in [0.1, 0.15) is 128 Å². The topological polar surface area (TPSA) is 9.86 Å². The Bertz CT molecular complexity index is 3960. The van der Waals surface area contributed by atoms with Crippen LogP contribution in [0.4, 0.5) is 0 Å². The minimum absolute atomic E-state index is 0.0136. The molecule has 0 unspecified atom stereocenters. The van der Waals surface area contributed by atoms with Crippen molar-refractivity contribution in [1.29, 1.82) is 0 Å². The molecule has 2 aliphatic rings. The fourth-order valence-corrected chi connectivity index (χ4v) is 12.7. The zero-order valence-corrected chi connectivity index (χ0v) is 43.6. The first-order valence-corrected chi connectivity index (χ1v) is 25.8. The van der Waals surface area contributed by atoms with Gasteiger partial charge in [0.2, 0.25) is 0 Å². The minimum Gasteiger partial charge on any atom is -0.309 e. The Labute approximate surface area is 419 Å². The maximum atomic E-state index is 2.67. The fraction of sp³-hybridized carbons (Fsp3) is 0.246. The van der Waals surface area contributed by atoms with Gasteiger partial charge in [0.05, 0.1) is 38.9 Å². The predicted molar refractivity (Wildman–Crippen MR) is 304 cm³/mol. The van der Waals surface area contributed by atoms with Gasteiger partial charge in [0.1, 0.15) is 0 Å². The van der Waals surface area contributed by atoms with Gasteiger partial charge in [-0.3, -0.25) is 0 Å². The van der Waals surface area contributed by atoms with Gasteiger partial charge in [-0.15, -0.1) is 0 Å². The normalized spacial score (nSPS) is 14.3. The maximum absolute atomic E-state index is 2.67. The first-order chi connectivity index (χ1) is 33.7. The molecule has 9 aromatic carbocycles. The SMILES string of the molecule is CC(C)(C)c1ccc2c(c1)c1cc(C(C)(C)C)ccc1n2-c1cc2c(cc1-c1cccc3ccccc13)C1(c3ccccc3-c3ccccc31)c1cc(C(C)(C)C)cc3c4cc(C(C)(C)C)ccc4n-2c13. The van der Waals surface area contributed by atoms with Gasteiger partial charge in [0.25, 0.3) is 0 Å². The summed E-state index contributed by atoms with van der Waals surface area (Å²) in [5.74, 6) is 0. The molecule has 2 aromatic heterocycles. The highest BCUT2D eigenvalue weighted by atomic mass is 15.0. The molecule has 3 heterocycles. The summed E-state index contributed by atoms with van der Waals surface area (Å²) in [4.78, 5) is 0. The van der Waals surface area contributed by atoms with Crippen molar-refractivity contribution in [3.8, 4) is 33.6 Å². The number of benzene rings is 9. The average molecular weight is 921 g/mol. The summed E-state index contributed by atoms with van der Waals surface area (Å²) >= 11 is 0. The highest BCUT2D eigenvalue weighted by molar-refractivity contribution is 6.15. The van der Waals surface area contributed by atoms with Crippen LogP contribution >= 0.6 is 0 Å². The molecule has 11 aromatic rings. The monoisotopic (exact) mass is 921 g/mol.